The Hall–Kier alpha value is -4.88. The first-order valence-corrected chi connectivity index (χ1v) is 13.2. The van der Waals surface area contributed by atoms with E-state index < -0.39 is 86.1 Å². The number of hydrogen-bond acceptors (Lipinski definition) is 4. The Morgan fingerprint density at radius 1 is 0.500 bits per heavy atom. The van der Waals surface area contributed by atoms with Crippen LogP contribution < -0.4 is 0 Å². The Morgan fingerprint density at radius 2 is 0.812 bits per heavy atom. The average Bonchev–Trinajstić information content (AvgIpc) is 3.76. The van der Waals surface area contributed by atoms with E-state index in [1.165, 1.54) is 12.1 Å². The monoisotopic (exact) mass is 766 g/mol. The topological polar surface area (TPSA) is 61.4 Å². The molecule has 6 nitrogen and oxygen atoms in total. The quantitative estimate of drug-likeness (QED) is 0.0580. The first-order valence-electron chi connectivity index (χ1n) is 13.2. The zero-order chi connectivity index (χ0) is 33.9. The summed E-state index contributed by atoms with van der Waals surface area (Å²) in [4.78, 5) is 9.00. The molecular weight excluding hydrogens is 753 g/mol. The largest absolute Gasteiger partial charge is 2.00 e. The van der Waals surface area contributed by atoms with Crippen LogP contribution in [-0.4, -0.2) is 29.5 Å². The van der Waals surface area contributed by atoms with Crippen molar-refractivity contribution in [1.82, 2.24) is 29.5 Å². The van der Waals surface area contributed by atoms with E-state index in [4.69, 9.17) is 0 Å². The van der Waals surface area contributed by atoms with E-state index in [0.717, 1.165) is 21.5 Å². The molecule has 0 radical (unpaired) electrons. The molecule has 0 saturated heterocycles. The van der Waals surface area contributed by atoms with Crippen molar-refractivity contribution in [2.45, 2.75) is 19.3 Å². The predicted octanol–water partition coefficient (Wildman–Crippen LogP) is 7.50. The summed E-state index contributed by atoms with van der Waals surface area (Å²) in [6.45, 7) is 3.43. The first-order chi connectivity index (χ1) is 22.2. The van der Waals surface area contributed by atoms with Crippen molar-refractivity contribution in [2.75, 3.05) is 0 Å². The minimum Gasteiger partial charge on any atom is -0.343 e. The third-order valence-electron chi connectivity index (χ3n) is 7.18. The molecule has 0 aliphatic rings. The molecule has 0 spiro atoms. The van der Waals surface area contributed by atoms with Gasteiger partial charge in [-0.05, 0) is 37.4 Å². The molecule has 0 bridgehead atoms. The Morgan fingerprint density at radius 3 is 1.15 bits per heavy atom. The van der Waals surface area contributed by atoms with Gasteiger partial charge in [0.25, 0.3) is 0 Å². The maximum absolute atomic E-state index is 14.3. The van der Waals surface area contributed by atoms with Gasteiger partial charge in [-0.25, -0.2) is 43.9 Å². The molecule has 0 atom stereocenters. The minimum absolute atomic E-state index is 0. The van der Waals surface area contributed by atoms with Crippen LogP contribution in [0.4, 0.5) is 43.9 Å². The van der Waals surface area contributed by atoms with E-state index >= 15 is 0 Å². The molecule has 248 valence electrons. The molecule has 0 aliphatic carbocycles. The van der Waals surface area contributed by atoms with Gasteiger partial charge in [0.2, 0.25) is 0 Å². The Kier molecular flexibility index (Phi) is 9.06. The van der Waals surface area contributed by atoms with Crippen LogP contribution in [0.25, 0.3) is 34.2 Å². The van der Waals surface area contributed by atoms with Crippen LogP contribution in [0.5, 0.6) is 0 Å². The van der Waals surface area contributed by atoms with Crippen molar-refractivity contribution in [1.29, 1.82) is 0 Å². The number of rotatable bonds is 6. The molecule has 0 fully saturated rings. The minimum atomic E-state index is -2.31. The molecule has 0 aliphatic heterocycles. The fourth-order valence-electron chi connectivity index (χ4n) is 4.62. The Balaban J connectivity index is 0.00000451. The SMILES string of the molecule is CC(C)(c1cccc(-n2[c-]cc(-c3c(F)c(F)c(F)c(F)c3F)n2)n1)c1cccc(-n2[c-]cc(-c3c(F)c(F)c(F)c(F)c3F)n2)n1.[Pd+2]. The number of halogens is 10. The molecule has 0 N–H and O–H groups in total. The van der Waals surface area contributed by atoms with Crippen molar-refractivity contribution in [2.24, 2.45) is 0 Å². The van der Waals surface area contributed by atoms with Gasteiger partial charge in [0.1, 0.15) is 0 Å². The van der Waals surface area contributed by atoms with Crippen LogP contribution in [0.1, 0.15) is 25.2 Å². The van der Waals surface area contributed by atoms with Gasteiger partial charge >= 0.3 is 20.4 Å². The number of pyridine rings is 2. The summed E-state index contributed by atoms with van der Waals surface area (Å²) in [5.41, 5.74) is -3.99. The molecule has 4 heterocycles. The molecule has 2 aromatic carbocycles. The maximum Gasteiger partial charge on any atom is 2.00 e. The van der Waals surface area contributed by atoms with Crippen LogP contribution >= 0.6 is 0 Å². The first kappa shape index (κ1) is 34.5. The predicted molar refractivity (Wildman–Crippen MR) is 143 cm³/mol. The van der Waals surface area contributed by atoms with Crippen LogP contribution in [0.3, 0.4) is 0 Å². The number of nitrogens with zero attached hydrogens (tertiary/aromatic N) is 6. The Labute approximate surface area is 277 Å². The van der Waals surface area contributed by atoms with Crippen molar-refractivity contribution in [3.05, 3.63) is 130 Å². The second-order valence-corrected chi connectivity index (χ2v) is 10.4. The second-order valence-electron chi connectivity index (χ2n) is 10.4. The van der Waals surface area contributed by atoms with Crippen molar-refractivity contribution in [3.8, 4) is 34.2 Å². The van der Waals surface area contributed by atoms with Gasteiger partial charge < -0.3 is 9.36 Å². The van der Waals surface area contributed by atoms with Crippen molar-refractivity contribution in [3.63, 3.8) is 0 Å². The van der Waals surface area contributed by atoms with E-state index in [2.05, 4.69) is 32.6 Å². The van der Waals surface area contributed by atoms with Gasteiger partial charge in [0.05, 0.1) is 11.6 Å². The molecule has 6 aromatic rings. The average molecular weight is 767 g/mol. The van der Waals surface area contributed by atoms with Gasteiger partial charge in [-0.1, -0.05) is 36.7 Å². The molecule has 4 aromatic heterocycles. The van der Waals surface area contributed by atoms with Crippen molar-refractivity contribution < 1.29 is 64.3 Å². The third-order valence-corrected chi connectivity index (χ3v) is 7.18. The number of aromatic nitrogens is 6. The molecule has 6 rings (SSSR count). The molecule has 0 unspecified atom stereocenters. The van der Waals surface area contributed by atoms with Crippen LogP contribution in [0, 0.1) is 70.6 Å². The zero-order valence-electron chi connectivity index (χ0n) is 23.9. The van der Waals surface area contributed by atoms with Crippen LogP contribution in [0.15, 0.2) is 48.5 Å². The summed E-state index contributed by atoms with van der Waals surface area (Å²) in [7, 11) is 0. The van der Waals surface area contributed by atoms with E-state index in [0.29, 0.717) is 11.4 Å². The number of hydrogen-bond donors (Lipinski definition) is 0. The van der Waals surface area contributed by atoms with Crippen LogP contribution in [0.2, 0.25) is 0 Å². The standard InChI is InChI=1S/C31H14F10N6.Pd/c1-31(2,15-5-3-7-17(42-15)46-11-9-13(44-46)19-21(32)25(36)29(40)26(37)22(19)33)16-6-4-8-18(43-16)47-12-10-14(45-47)20-23(34)27(38)30(41)28(39)24(20)35;/h3-10H,1-2H3;/q-2;+2. The summed E-state index contributed by atoms with van der Waals surface area (Å²) in [5.74, 6) is -21.3. The molecule has 0 amide bonds. The molecule has 17 heteroatoms. The molecule has 0 saturated carbocycles. The van der Waals surface area contributed by atoms with Crippen LogP contribution in [-0.2, 0) is 25.8 Å². The Bertz CT molecular complexity index is 2000. The van der Waals surface area contributed by atoms with Gasteiger partial charge in [-0.2, -0.15) is 0 Å². The molecule has 48 heavy (non-hydrogen) atoms. The van der Waals surface area contributed by atoms with Gasteiger partial charge in [-0.15, -0.1) is 12.1 Å². The van der Waals surface area contributed by atoms with Gasteiger partial charge in [0.15, 0.2) is 58.2 Å². The zero-order valence-corrected chi connectivity index (χ0v) is 25.5. The number of benzene rings is 2. The van der Waals surface area contributed by atoms with E-state index in [-0.39, 0.29) is 32.1 Å². The smallest absolute Gasteiger partial charge is 0.343 e. The fourth-order valence-corrected chi connectivity index (χ4v) is 4.62. The van der Waals surface area contributed by atoms with E-state index in [1.54, 1.807) is 38.1 Å². The summed E-state index contributed by atoms with van der Waals surface area (Å²) >= 11 is 0. The summed E-state index contributed by atoms with van der Waals surface area (Å²) in [5, 5.41) is 7.80. The van der Waals surface area contributed by atoms with Gasteiger partial charge in [-0.3, -0.25) is 20.2 Å². The fraction of sp³-hybridized carbons (Fsp3) is 0.0968. The normalized spacial score (nSPS) is 11.6. The second kappa shape index (κ2) is 12.6. The maximum atomic E-state index is 14.3. The van der Waals surface area contributed by atoms with E-state index in [9.17, 15) is 43.9 Å². The van der Waals surface area contributed by atoms with Gasteiger partial charge in [0, 0.05) is 27.9 Å². The third kappa shape index (κ3) is 5.56. The van der Waals surface area contributed by atoms with E-state index in [1.807, 2.05) is 0 Å². The summed E-state index contributed by atoms with van der Waals surface area (Å²) in [6, 6.07) is 11.0. The van der Waals surface area contributed by atoms with Crippen molar-refractivity contribution >= 4 is 0 Å². The summed E-state index contributed by atoms with van der Waals surface area (Å²) < 4.78 is 141. The molecular formula is C31H14F10N6Pd. The summed E-state index contributed by atoms with van der Waals surface area (Å²) in [6.07, 6.45) is 5.06.